The predicted molar refractivity (Wildman–Crippen MR) is 147 cm³/mol. The lowest BCUT2D eigenvalue weighted by atomic mass is 9.70. The molecule has 190 valence electrons. The van der Waals surface area contributed by atoms with Crippen molar-refractivity contribution in [1.29, 1.82) is 0 Å². The topological polar surface area (TPSA) is 40.6 Å². The normalized spacial score (nSPS) is 22.7. The number of amides is 1. The van der Waals surface area contributed by atoms with Crippen LogP contribution in [0.3, 0.4) is 0 Å². The van der Waals surface area contributed by atoms with Gasteiger partial charge in [0.15, 0.2) is 5.78 Å². The summed E-state index contributed by atoms with van der Waals surface area (Å²) in [6.45, 7) is 0.805. The Kier molecular flexibility index (Phi) is 6.13. The first-order valence-corrected chi connectivity index (χ1v) is 13.0. The van der Waals surface area contributed by atoms with Crippen molar-refractivity contribution in [3.63, 3.8) is 0 Å². The lowest BCUT2D eigenvalue weighted by Crippen LogP contribution is -2.53. The molecule has 0 aliphatic carbocycles. The summed E-state index contributed by atoms with van der Waals surface area (Å²) in [6, 6.07) is 30.6. The quantitative estimate of drug-likeness (QED) is 0.282. The number of nitrogens with zero attached hydrogens (tertiary/aromatic N) is 2. The van der Waals surface area contributed by atoms with Crippen molar-refractivity contribution in [1.82, 2.24) is 4.90 Å². The third-order valence-corrected chi connectivity index (χ3v) is 8.21. The van der Waals surface area contributed by atoms with Crippen LogP contribution < -0.4 is 4.90 Å². The monoisotopic (exact) mass is 524 g/mol. The minimum absolute atomic E-state index is 0.1000. The average molecular weight is 525 g/mol. The lowest BCUT2D eigenvalue weighted by molar-refractivity contribution is -0.129. The number of Topliss-reactive ketones (excluding diaryl/α,β-unsaturated/α-hetero) is 1. The zero-order valence-electron chi connectivity index (χ0n) is 20.9. The highest BCUT2D eigenvalue weighted by molar-refractivity contribution is 6.30. The third-order valence-electron chi connectivity index (χ3n) is 7.97. The summed E-state index contributed by atoms with van der Waals surface area (Å²) in [5.74, 6) is -1.59. The van der Waals surface area contributed by atoms with Crippen LogP contribution in [-0.2, 0) is 16.9 Å². The van der Waals surface area contributed by atoms with E-state index in [1.54, 1.807) is 35.2 Å². The van der Waals surface area contributed by atoms with Crippen LogP contribution in [0.2, 0.25) is 5.02 Å². The molecule has 6 heteroatoms. The molecule has 0 N–H and O–H groups in total. The van der Waals surface area contributed by atoms with Gasteiger partial charge >= 0.3 is 0 Å². The summed E-state index contributed by atoms with van der Waals surface area (Å²) in [4.78, 5) is 32.9. The van der Waals surface area contributed by atoms with E-state index < -0.39 is 11.5 Å². The van der Waals surface area contributed by atoms with Gasteiger partial charge in [-0.3, -0.25) is 14.5 Å². The van der Waals surface area contributed by atoms with E-state index in [0.717, 1.165) is 22.4 Å². The Bertz CT molecular complexity index is 1520. The summed E-state index contributed by atoms with van der Waals surface area (Å²) in [5.41, 5.74) is 2.69. The van der Waals surface area contributed by atoms with E-state index in [2.05, 4.69) is 0 Å². The van der Waals surface area contributed by atoms with Crippen molar-refractivity contribution in [2.24, 2.45) is 5.92 Å². The molecule has 4 aromatic rings. The first-order valence-electron chi connectivity index (χ1n) is 12.6. The molecule has 1 saturated heterocycles. The van der Waals surface area contributed by atoms with Gasteiger partial charge in [0.25, 0.3) is 5.91 Å². The van der Waals surface area contributed by atoms with Gasteiger partial charge in [-0.1, -0.05) is 84.4 Å². The second-order valence-electron chi connectivity index (χ2n) is 10.1. The molecule has 1 spiro atoms. The van der Waals surface area contributed by atoms with Gasteiger partial charge in [-0.15, -0.1) is 0 Å². The standard InChI is InChI=1S/C32H26ClFN2O2/c1-35-20-26(22-14-16-25(34)17-15-22)29(30(37)23-9-3-2-4-10-23)32(35)27-12-5-6-13-28(27)36(31(32)38)19-21-8-7-11-24(33)18-21/h2-18,26,29H,19-20H2,1H3. The summed E-state index contributed by atoms with van der Waals surface area (Å²) in [6.07, 6.45) is 0. The van der Waals surface area contributed by atoms with Gasteiger partial charge in [0.05, 0.1) is 12.5 Å². The zero-order chi connectivity index (χ0) is 26.4. The fourth-order valence-electron chi connectivity index (χ4n) is 6.34. The largest absolute Gasteiger partial charge is 0.306 e. The van der Waals surface area contributed by atoms with Gasteiger partial charge in [-0.05, 0) is 48.5 Å². The van der Waals surface area contributed by atoms with Crippen molar-refractivity contribution in [3.8, 4) is 0 Å². The SMILES string of the molecule is CN1CC(c2ccc(F)cc2)C(C(=O)c2ccccc2)C12C(=O)N(Cc1cccc(Cl)c1)c1ccccc12. The number of likely N-dealkylation sites (tertiary alicyclic amines) is 1. The number of carbonyl (C=O) groups is 2. The van der Waals surface area contributed by atoms with Gasteiger partial charge in [0, 0.05) is 34.3 Å². The second kappa shape index (κ2) is 9.50. The maximum Gasteiger partial charge on any atom is 0.253 e. The molecule has 2 aliphatic heterocycles. The van der Waals surface area contributed by atoms with Crippen molar-refractivity contribution in [3.05, 3.63) is 136 Å². The second-order valence-corrected chi connectivity index (χ2v) is 10.5. The van der Waals surface area contributed by atoms with E-state index in [1.165, 1.54) is 12.1 Å². The van der Waals surface area contributed by atoms with Crippen molar-refractivity contribution < 1.29 is 14.0 Å². The third kappa shape index (κ3) is 3.77. The van der Waals surface area contributed by atoms with Crippen LogP contribution in [0.1, 0.15) is 33.0 Å². The van der Waals surface area contributed by atoms with E-state index in [9.17, 15) is 14.0 Å². The Hall–Kier alpha value is -3.80. The number of carbonyl (C=O) groups excluding carboxylic acids is 2. The molecule has 4 nitrogen and oxygen atoms in total. The van der Waals surface area contributed by atoms with E-state index in [4.69, 9.17) is 11.6 Å². The van der Waals surface area contributed by atoms with Crippen LogP contribution in [0.15, 0.2) is 103 Å². The molecule has 0 radical (unpaired) electrons. The number of para-hydroxylation sites is 1. The molecule has 3 unspecified atom stereocenters. The van der Waals surface area contributed by atoms with Gasteiger partial charge < -0.3 is 4.90 Å². The van der Waals surface area contributed by atoms with Crippen molar-refractivity contribution in [2.45, 2.75) is 18.0 Å². The number of halogens is 2. The Balaban J connectivity index is 1.54. The van der Waals surface area contributed by atoms with Gasteiger partial charge in [0.2, 0.25) is 0 Å². The van der Waals surface area contributed by atoms with Crippen LogP contribution in [0.4, 0.5) is 10.1 Å². The number of hydrogen-bond donors (Lipinski definition) is 0. The predicted octanol–water partition coefficient (Wildman–Crippen LogP) is 6.45. The number of benzene rings is 4. The summed E-state index contributed by atoms with van der Waals surface area (Å²) < 4.78 is 13.9. The molecule has 1 amide bonds. The number of rotatable bonds is 5. The van der Waals surface area contributed by atoms with E-state index in [1.807, 2.05) is 72.6 Å². The number of fused-ring (bicyclic) bond motifs is 2. The molecule has 2 heterocycles. The van der Waals surface area contributed by atoms with Crippen molar-refractivity contribution >= 4 is 29.0 Å². The highest BCUT2D eigenvalue weighted by Gasteiger charge is 2.66. The lowest BCUT2D eigenvalue weighted by Gasteiger charge is -2.36. The fourth-order valence-corrected chi connectivity index (χ4v) is 6.55. The molecule has 4 aromatic carbocycles. The Morgan fingerprint density at radius 1 is 0.947 bits per heavy atom. The highest BCUT2D eigenvalue weighted by atomic mass is 35.5. The fraction of sp³-hybridized carbons (Fsp3) is 0.188. The number of ketones is 1. The molecule has 6 rings (SSSR count). The van der Waals surface area contributed by atoms with Crippen LogP contribution in [-0.4, -0.2) is 30.2 Å². The smallest absolute Gasteiger partial charge is 0.253 e. The molecule has 38 heavy (non-hydrogen) atoms. The van der Waals surface area contributed by atoms with Crippen LogP contribution in [0.25, 0.3) is 0 Å². The summed E-state index contributed by atoms with van der Waals surface area (Å²) >= 11 is 6.26. The van der Waals surface area contributed by atoms with Gasteiger partial charge in [0.1, 0.15) is 11.4 Å². The minimum Gasteiger partial charge on any atom is -0.306 e. The van der Waals surface area contributed by atoms with Crippen molar-refractivity contribution in [2.75, 3.05) is 18.5 Å². The molecular weight excluding hydrogens is 499 g/mol. The molecule has 3 atom stereocenters. The molecule has 0 aromatic heterocycles. The minimum atomic E-state index is -1.21. The van der Waals surface area contributed by atoms with Gasteiger partial charge in [-0.2, -0.15) is 0 Å². The molecule has 0 bridgehead atoms. The Morgan fingerprint density at radius 3 is 2.39 bits per heavy atom. The average Bonchev–Trinajstić information content (AvgIpc) is 3.37. The summed E-state index contributed by atoms with van der Waals surface area (Å²) in [7, 11) is 1.91. The number of anilines is 1. The van der Waals surface area contributed by atoms with E-state index >= 15 is 0 Å². The van der Waals surface area contributed by atoms with Crippen LogP contribution in [0, 0.1) is 11.7 Å². The number of hydrogen-bond acceptors (Lipinski definition) is 3. The summed E-state index contributed by atoms with van der Waals surface area (Å²) in [5, 5.41) is 0.601. The van der Waals surface area contributed by atoms with Crippen LogP contribution in [0.5, 0.6) is 0 Å². The first kappa shape index (κ1) is 24.5. The maximum absolute atomic E-state index is 14.7. The molecular formula is C32H26ClFN2O2. The molecule has 0 saturated carbocycles. The van der Waals surface area contributed by atoms with Crippen LogP contribution >= 0.6 is 11.6 Å². The molecule has 1 fully saturated rings. The Morgan fingerprint density at radius 2 is 1.66 bits per heavy atom. The zero-order valence-corrected chi connectivity index (χ0v) is 21.6. The highest BCUT2D eigenvalue weighted by Crippen LogP contribution is 2.57. The maximum atomic E-state index is 14.7. The Labute approximate surface area is 226 Å². The van der Waals surface area contributed by atoms with E-state index in [0.29, 0.717) is 23.7 Å². The molecule has 2 aliphatic rings. The van der Waals surface area contributed by atoms with E-state index in [-0.39, 0.29) is 23.4 Å². The van der Waals surface area contributed by atoms with Gasteiger partial charge in [-0.25, -0.2) is 4.39 Å². The number of likely N-dealkylation sites (N-methyl/N-ethyl adjacent to an activating group) is 1. The first-order chi connectivity index (χ1) is 18.4.